The van der Waals surface area contributed by atoms with Crippen LogP contribution in [0.1, 0.15) is 25.0 Å². The van der Waals surface area contributed by atoms with E-state index in [4.69, 9.17) is 4.98 Å². The lowest BCUT2D eigenvalue weighted by molar-refractivity contribution is 0.660. The summed E-state index contributed by atoms with van der Waals surface area (Å²) in [6, 6.07) is 71.1. The van der Waals surface area contributed by atoms with E-state index in [1.165, 1.54) is 77.4 Å². The third-order valence-corrected chi connectivity index (χ3v) is 12.7. The van der Waals surface area contributed by atoms with Gasteiger partial charge in [0.15, 0.2) is 0 Å². The molecule has 0 unspecified atom stereocenters. The Labute approximate surface area is 343 Å². The summed E-state index contributed by atoms with van der Waals surface area (Å²) < 4.78 is 4.83. The number of hydrogen-bond acceptors (Lipinski definition) is 1. The number of rotatable bonds is 5. The van der Waals surface area contributed by atoms with E-state index in [0.29, 0.717) is 0 Å². The fourth-order valence-electron chi connectivity index (χ4n) is 9.89. The van der Waals surface area contributed by atoms with Crippen molar-refractivity contribution in [2.75, 3.05) is 0 Å². The monoisotopic (exact) mass is 753 g/mol. The van der Waals surface area contributed by atoms with E-state index in [9.17, 15) is 0 Å². The molecule has 1 aliphatic carbocycles. The minimum Gasteiger partial charge on any atom is -0.309 e. The van der Waals surface area contributed by atoms with Crippen molar-refractivity contribution in [3.63, 3.8) is 0 Å². The Morgan fingerprint density at radius 1 is 0.356 bits per heavy atom. The van der Waals surface area contributed by atoms with Crippen LogP contribution >= 0.6 is 0 Å². The lowest BCUT2D eigenvalue weighted by Crippen LogP contribution is -2.15. The normalized spacial score (nSPS) is 13.1. The van der Waals surface area contributed by atoms with E-state index < -0.39 is 0 Å². The predicted octanol–water partition coefficient (Wildman–Crippen LogP) is 14.6. The molecule has 0 aliphatic heterocycles. The van der Waals surface area contributed by atoms with Crippen molar-refractivity contribution in [3.8, 4) is 55.9 Å². The first-order valence-electron chi connectivity index (χ1n) is 20.5. The summed E-state index contributed by atoms with van der Waals surface area (Å²) in [5.41, 5.74) is 20.4. The summed E-state index contributed by atoms with van der Waals surface area (Å²) in [5, 5.41) is 3.61. The quantitative estimate of drug-likeness (QED) is 0.172. The zero-order chi connectivity index (χ0) is 39.2. The van der Waals surface area contributed by atoms with Gasteiger partial charge in [0.2, 0.25) is 0 Å². The zero-order valence-corrected chi connectivity index (χ0v) is 32.9. The van der Waals surface area contributed by atoms with Gasteiger partial charge in [-0.2, -0.15) is 0 Å². The number of fused-ring (bicyclic) bond motifs is 9. The molecule has 0 fully saturated rings. The van der Waals surface area contributed by atoms with Crippen molar-refractivity contribution in [1.82, 2.24) is 14.1 Å². The molecule has 3 nitrogen and oxygen atoms in total. The van der Waals surface area contributed by atoms with Crippen LogP contribution in [0.2, 0.25) is 0 Å². The van der Waals surface area contributed by atoms with Gasteiger partial charge in [-0.3, -0.25) is 4.98 Å². The molecule has 0 saturated carbocycles. The van der Waals surface area contributed by atoms with Crippen molar-refractivity contribution < 1.29 is 0 Å². The van der Waals surface area contributed by atoms with Gasteiger partial charge in [-0.25, -0.2) is 0 Å². The fourth-order valence-corrected chi connectivity index (χ4v) is 9.89. The highest BCUT2D eigenvalue weighted by Gasteiger charge is 2.35. The first-order chi connectivity index (χ1) is 29.0. The van der Waals surface area contributed by atoms with Crippen LogP contribution in [0.5, 0.6) is 0 Å². The number of pyridine rings is 1. The highest BCUT2D eigenvalue weighted by Crippen LogP contribution is 2.49. The van der Waals surface area contributed by atoms with Crippen LogP contribution in [0, 0.1) is 0 Å². The van der Waals surface area contributed by atoms with Crippen LogP contribution in [0.4, 0.5) is 0 Å². The molecule has 3 heterocycles. The second kappa shape index (κ2) is 12.8. The molecule has 12 rings (SSSR count). The highest BCUT2D eigenvalue weighted by molar-refractivity contribution is 6.12. The number of aromatic nitrogens is 3. The van der Waals surface area contributed by atoms with Crippen LogP contribution in [-0.4, -0.2) is 14.1 Å². The Morgan fingerprint density at radius 2 is 0.932 bits per heavy atom. The van der Waals surface area contributed by atoms with Gasteiger partial charge < -0.3 is 9.13 Å². The second-order valence-corrected chi connectivity index (χ2v) is 16.4. The maximum Gasteiger partial charge on any atom is 0.0963 e. The molecule has 0 N–H and O–H groups in total. The number of nitrogens with zero attached hydrogens (tertiary/aromatic N) is 3. The maximum absolute atomic E-state index is 4.99. The topological polar surface area (TPSA) is 22.8 Å². The van der Waals surface area contributed by atoms with Crippen LogP contribution in [0.3, 0.4) is 0 Å². The van der Waals surface area contributed by atoms with E-state index >= 15 is 0 Å². The molecular weight excluding hydrogens is 715 g/mol. The Morgan fingerprint density at radius 3 is 1.68 bits per heavy atom. The summed E-state index contributed by atoms with van der Waals surface area (Å²) in [5.74, 6) is 0. The smallest absolute Gasteiger partial charge is 0.0963 e. The zero-order valence-electron chi connectivity index (χ0n) is 32.9. The van der Waals surface area contributed by atoms with Crippen LogP contribution in [-0.2, 0) is 5.41 Å². The molecule has 0 saturated heterocycles. The average molecular weight is 754 g/mol. The molecule has 0 bridgehead atoms. The van der Waals surface area contributed by atoms with Gasteiger partial charge in [0.25, 0.3) is 0 Å². The van der Waals surface area contributed by atoms with Crippen molar-refractivity contribution in [1.29, 1.82) is 0 Å². The fraction of sp³-hybridized carbons (Fsp3) is 0.0536. The van der Waals surface area contributed by atoms with E-state index in [2.05, 4.69) is 211 Å². The van der Waals surface area contributed by atoms with E-state index in [1.807, 2.05) is 12.3 Å². The summed E-state index contributed by atoms with van der Waals surface area (Å²) in [4.78, 5) is 4.99. The van der Waals surface area contributed by atoms with Crippen LogP contribution in [0.15, 0.2) is 200 Å². The SMILES string of the molecule is CC1(C)c2ccccc2-c2ccc(-n3c4ccc(-c5ccc6c(c5)c5ccccc5n6-c5cc(-c6ccccc6)cc(-c6ccccc6)c5)cc4c4ncccc43)cc21. The molecule has 0 atom stereocenters. The maximum atomic E-state index is 4.99. The number of para-hydroxylation sites is 1. The molecule has 8 aromatic carbocycles. The standard InChI is InChI=1S/C56H39N3/c1-56(2)49-20-11-9-18-44(49)45-26-25-42(35-50(45)56)58-53-28-24-39(34-48(53)55-54(58)22-13-29-57-55)38-23-27-52-47(33-38)46-19-10-12-21-51(46)59(52)43-31-40(36-14-5-3-6-15-36)30-41(32-43)37-16-7-4-8-17-37/h3-35H,1-2H3. The van der Waals surface area contributed by atoms with Gasteiger partial charge in [0, 0.05) is 39.1 Å². The molecule has 3 aromatic heterocycles. The minimum atomic E-state index is -0.0806. The largest absolute Gasteiger partial charge is 0.309 e. The van der Waals surface area contributed by atoms with E-state index in [0.717, 1.165) is 33.3 Å². The Balaban J connectivity index is 1.01. The summed E-state index contributed by atoms with van der Waals surface area (Å²) in [6.45, 7) is 4.69. The van der Waals surface area contributed by atoms with Gasteiger partial charge in [-0.05, 0) is 128 Å². The summed E-state index contributed by atoms with van der Waals surface area (Å²) in [7, 11) is 0. The van der Waals surface area contributed by atoms with Gasteiger partial charge in [0.05, 0.1) is 27.6 Å². The molecular formula is C56H39N3. The molecule has 11 aromatic rings. The lowest BCUT2D eigenvalue weighted by Gasteiger charge is -2.22. The first-order valence-corrected chi connectivity index (χ1v) is 20.5. The predicted molar refractivity (Wildman–Crippen MR) is 247 cm³/mol. The van der Waals surface area contributed by atoms with Gasteiger partial charge >= 0.3 is 0 Å². The molecule has 0 radical (unpaired) electrons. The minimum absolute atomic E-state index is 0.0806. The number of benzene rings is 8. The van der Waals surface area contributed by atoms with Crippen molar-refractivity contribution in [3.05, 3.63) is 211 Å². The third-order valence-electron chi connectivity index (χ3n) is 12.7. The third kappa shape index (κ3) is 5.11. The molecule has 278 valence electrons. The summed E-state index contributed by atoms with van der Waals surface area (Å²) >= 11 is 0. The second-order valence-electron chi connectivity index (χ2n) is 16.4. The van der Waals surface area contributed by atoms with Crippen LogP contribution < -0.4 is 0 Å². The molecule has 0 spiro atoms. The number of hydrogen-bond donors (Lipinski definition) is 0. The van der Waals surface area contributed by atoms with Gasteiger partial charge in [-0.15, -0.1) is 0 Å². The van der Waals surface area contributed by atoms with Crippen molar-refractivity contribution in [2.24, 2.45) is 0 Å². The van der Waals surface area contributed by atoms with Gasteiger partial charge in [-0.1, -0.05) is 135 Å². The van der Waals surface area contributed by atoms with Crippen molar-refractivity contribution in [2.45, 2.75) is 19.3 Å². The van der Waals surface area contributed by atoms with Crippen molar-refractivity contribution >= 4 is 43.7 Å². The molecule has 59 heavy (non-hydrogen) atoms. The highest BCUT2D eigenvalue weighted by atomic mass is 15.0. The van der Waals surface area contributed by atoms with Crippen LogP contribution in [0.25, 0.3) is 99.6 Å². The lowest BCUT2D eigenvalue weighted by atomic mass is 9.82. The Hall–Kier alpha value is -7.49. The van der Waals surface area contributed by atoms with E-state index in [1.54, 1.807) is 0 Å². The average Bonchev–Trinajstić information content (AvgIpc) is 3.89. The van der Waals surface area contributed by atoms with E-state index in [-0.39, 0.29) is 5.41 Å². The molecule has 0 amide bonds. The summed E-state index contributed by atoms with van der Waals surface area (Å²) in [6.07, 6.45) is 1.91. The van der Waals surface area contributed by atoms with Gasteiger partial charge in [0.1, 0.15) is 0 Å². The Bertz CT molecular complexity index is 3400. The molecule has 3 heteroatoms. The molecule has 1 aliphatic rings. The Kier molecular flexibility index (Phi) is 7.27. The first kappa shape index (κ1) is 33.6.